The van der Waals surface area contributed by atoms with Gasteiger partial charge in [0.1, 0.15) is 5.82 Å². The fraction of sp³-hybridized carbons (Fsp3) is 0.700. The summed E-state index contributed by atoms with van der Waals surface area (Å²) < 4.78 is 5.78. The average Bonchev–Trinajstić information content (AvgIpc) is 2.86. The summed E-state index contributed by atoms with van der Waals surface area (Å²) in [5, 5.41) is 6.99. The summed E-state index contributed by atoms with van der Waals surface area (Å²) in [7, 11) is 2.18. The summed E-state index contributed by atoms with van der Waals surface area (Å²) in [4.78, 5) is 4.70. The van der Waals surface area contributed by atoms with Gasteiger partial charge in [0, 0.05) is 25.7 Å². The zero-order chi connectivity index (χ0) is 10.3. The smallest absolute Gasteiger partial charge is 0.124 e. The lowest BCUT2D eigenvalue weighted by Crippen LogP contribution is -2.48. The van der Waals surface area contributed by atoms with Gasteiger partial charge in [-0.15, -0.1) is 0 Å². The number of H-pyrrole nitrogens is 1. The minimum Gasteiger partial charge on any atom is -0.373 e. The molecule has 0 aliphatic carbocycles. The molecule has 15 heavy (non-hydrogen) atoms. The van der Waals surface area contributed by atoms with Crippen molar-refractivity contribution in [2.24, 2.45) is 0 Å². The number of hydrogen-bond acceptors (Lipinski definition) is 4. The Morgan fingerprint density at radius 1 is 1.53 bits per heavy atom. The number of ether oxygens (including phenoxy) is 1. The summed E-state index contributed by atoms with van der Waals surface area (Å²) in [6, 6.07) is 2.54. The maximum atomic E-state index is 5.78. The SMILES string of the molecule is CN1CCOC2CN(c3ccn[nH]3)C[C@@H]21. The molecule has 3 heterocycles. The lowest BCUT2D eigenvalue weighted by atomic mass is 10.1. The van der Waals surface area contributed by atoms with Gasteiger partial charge in [-0.1, -0.05) is 0 Å². The van der Waals surface area contributed by atoms with E-state index < -0.39 is 0 Å². The monoisotopic (exact) mass is 208 g/mol. The largest absolute Gasteiger partial charge is 0.373 e. The third-order valence-corrected chi connectivity index (χ3v) is 3.41. The molecule has 5 nitrogen and oxygen atoms in total. The molecule has 2 aliphatic heterocycles. The van der Waals surface area contributed by atoms with Crippen LogP contribution in [0.15, 0.2) is 12.3 Å². The highest BCUT2D eigenvalue weighted by molar-refractivity contribution is 5.39. The molecule has 82 valence electrons. The van der Waals surface area contributed by atoms with E-state index in [9.17, 15) is 0 Å². The van der Waals surface area contributed by atoms with Crippen LogP contribution in [0.1, 0.15) is 0 Å². The number of aromatic nitrogens is 2. The van der Waals surface area contributed by atoms with Crippen molar-refractivity contribution in [3.63, 3.8) is 0 Å². The van der Waals surface area contributed by atoms with Gasteiger partial charge < -0.3 is 9.64 Å². The van der Waals surface area contributed by atoms with E-state index >= 15 is 0 Å². The maximum absolute atomic E-state index is 5.78. The molecule has 3 rings (SSSR count). The summed E-state index contributed by atoms with van der Waals surface area (Å²) in [5.74, 6) is 1.10. The van der Waals surface area contributed by atoms with E-state index in [-0.39, 0.29) is 0 Å². The van der Waals surface area contributed by atoms with Crippen LogP contribution in [0.5, 0.6) is 0 Å². The second-order valence-corrected chi connectivity index (χ2v) is 4.30. The van der Waals surface area contributed by atoms with Crippen LogP contribution in [-0.2, 0) is 4.74 Å². The van der Waals surface area contributed by atoms with E-state index in [0.29, 0.717) is 12.1 Å². The van der Waals surface area contributed by atoms with Crippen molar-refractivity contribution >= 4 is 5.82 Å². The summed E-state index contributed by atoms with van der Waals surface area (Å²) in [6.07, 6.45) is 2.15. The van der Waals surface area contributed by atoms with E-state index in [4.69, 9.17) is 4.74 Å². The molecule has 0 radical (unpaired) electrons. The molecule has 0 amide bonds. The number of hydrogen-bond donors (Lipinski definition) is 1. The third-order valence-electron chi connectivity index (χ3n) is 3.41. The first kappa shape index (κ1) is 9.18. The second-order valence-electron chi connectivity index (χ2n) is 4.30. The molecule has 1 unspecified atom stereocenters. The summed E-state index contributed by atoms with van der Waals surface area (Å²) >= 11 is 0. The van der Waals surface area contributed by atoms with Crippen molar-refractivity contribution in [3.8, 4) is 0 Å². The number of likely N-dealkylation sites (N-methyl/N-ethyl adjacent to an activating group) is 1. The average molecular weight is 208 g/mol. The van der Waals surface area contributed by atoms with Crippen molar-refractivity contribution in [1.82, 2.24) is 15.1 Å². The van der Waals surface area contributed by atoms with Crippen LogP contribution in [0.2, 0.25) is 0 Å². The van der Waals surface area contributed by atoms with Crippen LogP contribution < -0.4 is 4.90 Å². The highest BCUT2D eigenvalue weighted by Crippen LogP contribution is 2.24. The molecular formula is C10H16N4O. The normalized spacial score (nSPS) is 31.9. The number of nitrogens with one attached hydrogen (secondary N) is 1. The molecule has 0 aromatic carbocycles. The van der Waals surface area contributed by atoms with Gasteiger partial charge in [-0.25, -0.2) is 0 Å². The molecule has 0 saturated carbocycles. The quantitative estimate of drug-likeness (QED) is 0.701. The van der Waals surface area contributed by atoms with Crippen LogP contribution in [0.4, 0.5) is 5.82 Å². The van der Waals surface area contributed by atoms with E-state index in [0.717, 1.165) is 32.1 Å². The molecule has 1 aromatic heterocycles. The van der Waals surface area contributed by atoms with Gasteiger partial charge >= 0.3 is 0 Å². The van der Waals surface area contributed by atoms with Gasteiger partial charge in [0.25, 0.3) is 0 Å². The van der Waals surface area contributed by atoms with E-state index in [1.807, 2.05) is 6.07 Å². The fourth-order valence-corrected chi connectivity index (χ4v) is 2.48. The minimum absolute atomic E-state index is 0.354. The molecule has 1 N–H and O–H groups in total. The van der Waals surface area contributed by atoms with Crippen LogP contribution in [0.25, 0.3) is 0 Å². The number of rotatable bonds is 1. The van der Waals surface area contributed by atoms with Crippen molar-refractivity contribution < 1.29 is 4.74 Å². The summed E-state index contributed by atoms with van der Waals surface area (Å²) in [6.45, 7) is 3.90. The number of morpholine rings is 1. The third kappa shape index (κ3) is 1.52. The second kappa shape index (κ2) is 3.50. The van der Waals surface area contributed by atoms with Crippen LogP contribution >= 0.6 is 0 Å². The molecule has 2 saturated heterocycles. The molecule has 0 bridgehead atoms. The van der Waals surface area contributed by atoms with Crippen molar-refractivity contribution in [3.05, 3.63) is 12.3 Å². The number of anilines is 1. The first-order chi connectivity index (χ1) is 7.34. The predicted molar refractivity (Wildman–Crippen MR) is 57.0 cm³/mol. The number of aromatic amines is 1. The molecular weight excluding hydrogens is 192 g/mol. The molecule has 2 atom stereocenters. The van der Waals surface area contributed by atoms with Gasteiger partial charge in [0.15, 0.2) is 0 Å². The Hall–Kier alpha value is -1.07. The Balaban J connectivity index is 1.76. The predicted octanol–water partition coefficient (Wildman–Crippen LogP) is -0.0711. The lowest BCUT2D eigenvalue weighted by Gasteiger charge is -2.33. The number of fused-ring (bicyclic) bond motifs is 1. The van der Waals surface area contributed by atoms with Gasteiger partial charge in [-0.05, 0) is 7.05 Å². The van der Waals surface area contributed by atoms with Gasteiger partial charge in [-0.3, -0.25) is 10.00 Å². The standard InChI is InChI=1S/C10H16N4O/c1-13-4-5-15-9-7-14(6-8(9)13)10-2-3-11-12-10/h2-3,8-9H,4-7H2,1H3,(H,11,12)/t8-,9?/m0/s1. The Labute approximate surface area is 89.0 Å². The van der Waals surface area contributed by atoms with Crippen molar-refractivity contribution in [2.45, 2.75) is 12.1 Å². The topological polar surface area (TPSA) is 44.4 Å². The first-order valence-corrected chi connectivity index (χ1v) is 5.41. The number of nitrogens with zero attached hydrogens (tertiary/aromatic N) is 3. The van der Waals surface area contributed by atoms with Crippen molar-refractivity contribution in [2.75, 3.05) is 38.2 Å². The lowest BCUT2D eigenvalue weighted by molar-refractivity contribution is -0.0362. The maximum Gasteiger partial charge on any atom is 0.124 e. The van der Waals surface area contributed by atoms with E-state index in [2.05, 4.69) is 27.0 Å². The van der Waals surface area contributed by atoms with Crippen LogP contribution in [-0.4, -0.2) is 60.5 Å². The highest BCUT2D eigenvalue weighted by Gasteiger charge is 2.38. The van der Waals surface area contributed by atoms with Crippen molar-refractivity contribution in [1.29, 1.82) is 0 Å². The minimum atomic E-state index is 0.354. The van der Waals surface area contributed by atoms with E-state index in [1.54, 1.807) is 6.20 Å². The Morgan fingerprint density at radius 2 is 2.47 bits per heavy atom. The summed E-state index contributed by atoms with van der Waals surface area (Å²) in [5.41, 5.74) is 0. The van der Waals surface area contributed by atoms with Gasteiger partial charge in [0.2, 0.25) is 0 Å². The van der Waals surface area contributed by atoms with E-state index in [1.165, 1.54) is 0 Å². The zero-order valence-corrected chi connectivity index (χ0v) is 8.89. The zero-order valence-electron chi connectivity index (χ0n) is 8.89. The van der Waals surface area contributed by atoms with Crippen LogP contribution in [0.3, 0.4) is 0 Å². The molecule has 5 heteroatoms. The fourth-order valence-electron chi connectivity index (χ4n) is 2.48. The van der Waals surface area contributed by atoms with Crippen LogP contribution in [0, 0.1) is 0 Å². The Kier molecular flexibility index (Phi) is 2.14. The molecule has 1 aromatic rings. The van der Waals surface area contributed by atoms with Gasteiger partial charge in [-0.2, -0.15) is 5.10 Å². The molecule has 2 aliphatic rings. The molecule has 2 fully saturated rings. The van der Waals surface area contributed by atoms with Gasteiger partial charge in [0.05, 0.1) is 24.9 Å². The Morgan fingerprint density at radius 3 is 3.20 bits per heavy atom. The highest BCUT2D eigenvalue weighted by atomic mass is 16.5. The Bertz CT molecular complexity index is 326. The first-order valence-electron chi connectivity index (χ1n) is 5.41. The molecule has 0 spiro atoms.